The Kier molecular flexibility index (Phi) is 5.30. The Balaban J connectivity index is 2.18. The van der Waals surface area contributed by atoms with Crippen LogP contribution in [-0.2, 0) is 9.59 Å². The highest BCUT2D eigenvalue weighted by atomic mass is 127. The van der Waals surface area contributed by atoms with Crippen molar-refractivity contribution in [1.82, 2.24) is 0 Å². The minimum Gasteiger partial charge on any atom is -0.308 e. The summed E-state index contributed by atoms with van der Waals surface area (Å²) in [5.74, 6) is 0.0549. The summed E-state index contributed by atoms with van der Waals surface area (Å²) in [5, 5.41) is 0.342. The number of benzene rings is 1. The summed E-state index contributed by atoms with van der Waals surface area (Å²) < 4.78 is 14.6. The van der Waals surface area contributed by atoms with Crippen molar-refractivity contribution in [3.8, 4) is 0 Å². The molecule has 0 spiro atoms. The standard InChI is InChI=1S/C13H12ClFINO2S/c1-7(18)20-6-8-2-12(19)17(5-8)13-10(15)3-9(14)4-11(13)16/h3-4,8H,2,5-6H2,1H3. The molecule has 0 saturated carbocycles. The van der Waals surface area contributed by atoms with Crippen LogP contribution < -0.4 is 4.90 Å². The highest BCUT2D eigenvalue weighted by Crippen LogP contribution is 2.34. The number of carbonyl (C=O) groups is 2. The normalized spacial score (nSPS) is 18.7. The maximum atomic E-state index is 14.0. The molecular formula is C13H12ClFINO2S. The van der Waals surface area contributed by atoms with Crippen LogP contribution in [0, 0.1) is 15.3 Å². The van der Waals surface area contributed by atoms with Crippen molar-refractivity contribution in [2.45, 2.75) is 13.3 Å². The van der Waals surface area contributed by atoms with Crippen LogP contribution in [0.4, 0.5) is 10.1 Å². The molecule has 1 saturated heterocycles. The van der Waals surface area contributed by atoms with Crippen molar-refractivity contribution >= 4 is 62.7 Å². The van der Waals surface area contributed by atoms with Crippen LogP contribution in [0.25, 0.3) is 0 Å². The van der Waals surface area contributed by atoms with Gasteiger partial charge >= 0.3 is 0 Å². The molecule has 1 aromatic carbocycles. The first-order valence-electron chi connectivity index (χ1n) is 5.96. The van der Waals surface area contributed by atoms with E-state index in [0.717, 1.165) is 0 Å². The fourth-order valence-corrected chi connectivity index (χ4v) is 4.10. The van der Waals surface area contributed by atoms with E-state index in [4.69, 9.17) is 11.6 Å². The fraction of sp³-hybridized carbons (Fsp3) is 0.385. The van der Waals surface area contributed by atoms with Gasteiger partial charge in [-0.3, -0.25) is 9.59 Å². The van der Waals surface area contributed by atoms with E-state index < -0.39 is 5.82 Å². The van der Waals surface area contributed by atoms with Crippen LogP contribution in [0.15, 0.2) is 12.1 Å². The maximum Gasteiger partial charge on any atom is 0.227 e. The van der Waals surface area contributed by atoms with E-state index in [1.54, 1.807) is 6.07 Å². The second-order valence-corrected chi connectivity index (χ2v) is 7.39. The summed E-state index contributed by atoms with van der Waals surface area (Å²) in [7, 11) is 0. The van der Waals surface area contributed by atoms with Crippen LogP contribution in [0.2, 0.25) is 5.02 Å². The van der Waals surface area contributed by atoms with Gasteiger partial charge in [-0.05, 0) is 40.6 Å². The third-order valence-corrected chi connectivity index (χ3v) is 5.06. The third kappa shape index (κ3) is 3.65. The molecule has 0 aromatic heterocycles. The van der Waals surface area contributed by atoms with Gasteiger partial charge in [0.05, 0.1) is 5.69 Å². The monoisotopic (exact) mass is 427 g/mol. The zero-order valence-electron chi connectivity index (χ0n) is 10.7. The average molecular weight is 428 g/mol. The molecule has 1 atom stereocenters. The number of rotatable bonds is 3. The van der Waals surface area contributed by atoms with Gasteiger partial charge in [0.2, 0.25) is 5.91 Å². The number of hydrogen-bond donors (Lipinski definition) is 0. The molecule has 1 amide bonds. The smallest absolute Gasteiger partial charge is 0.227 e. The molecule has 1 aliphatic heterocycles. The van der Waals surface area contributed by atoms with E-state index in [1.165, 1.54) is 29.7 Å². The summed E-state index contributed by atoms with van der Waals surface area (Å²) in [6, 6.07) is 2.84. The Morgan fingerprint density at radius 3 is 2.90 bits per heavy atom. The fourth-order valence-electron chi connectivity index (χ4n) is 2.14. The number of anilines is 1. The number of nitrogens with zero attached hydrogens (tertiary/aromatic N) is 1. The zero-order chi connectivity index (χ0) is 14.9. The second kappa shape index (κ2) is 6.62. The number of carbonyl (C=O) groups excluding carboxylic acids is 2. The van der Waals surface area contributed by atoms with E-state index in [2.05, 4.69) is 0 Å². The Labute approximate surface area is 139 Å². The topological polar surface area (TPSA) is 37.4 Å². The molecule has 0 radical (unpaired) electrons. The van der Waals surface area contributed by atoms with Gasteiger partial charge in [-0.1, -0.05) is 23.4 Å². The molecule has 2 rings (SSSR count). The predicted molar refractivity (Wildman–Crippen MR) is 87.7 cm³/mol. The molecule has 1 aromatic rings. The molecule has 7 heteroatoms. The first-order valence-corrected chi connectivity index (χ1v) is 8.41. The largest absolute Gasteiger partial charge is 0.308 e. The Morgan fingerprint density at radius 1 is 1.60 bits per heavy atom. The third-order valence-electron chi connectivity index (χ3n) is 2.98. The minimum atomic E-state index is -0.491. The number of hydrogen-bond acceptors (Lipinski definition) is 3. The minimum absolute atomic E-state index is 0.0307. The Bertz CT molecular complexity index is 546. The van der Waals surface area contributed by atoms with E-state index in [9.17, 15) is 14.0 Å². The van der Waals surface area contributed by atoms with Crippen molar-refractivity contribution in [2.24, 2.45) is 5.92 Å². The van der Waals surface area contributed by atoms with Crippen molar-refractivity contribution in [3.63, 3.8) is 0 Å². The number of thioether (sulfide) groups is 1. The summed E-state index contributed by atoms with van der Waals surface area (Å²) in [5.41, 5.74) is 0.287. The molecule has 0 aliphatic carbocycles. The number of halogens is 3. The van der Waals surface area contributed by atoms with Crippen LogP contribution in [-0.4, -0.2) is 23.3 Å². The molecule has 20 heavy (non-hydrogen) atoms. The van der Waals surface area contributed by atoms with Gasteiger partial charge < -0.3 is 4.90 Å². The van der Waals surface area contributed by atoms with Crippen molar-refractivity contribution < 1.29 is 14.0 Å². The SMILES string of the molecule is CC(=O)SCC1CC(=O)N(c2c(F)cc(Cl)cc2I)C1. The first kappa shape index (κ1) is 16.0. The van der Waals surface area contributed by atoms with Gasteiger partial charge in [0.15, 0.2) is 5.12 Å². The molecule has 1 aliphatic rings. The van der Waals surface area contributed by atoms with Crippen LogP contribution in [0.1, 0.15) is 13.3 Å². The van der Waals surface area contributed by atoms with Gasteiger partial charge in [-0.15, -0.1) is 0 Å². The lowest BCUT2D eigenvalue weighted by Gasteiger charge is -2.19. The van der Waals surface area contributed by atoms with Crippen molar-refractivity contribution in [2.75, 3.05) is 17.2 Å². The summed E-state index contributed by atoms with van der Waals surface area (Å²) in [4.78, 5) is 24.5. The molecule has 0 N–H and O–H groups in total. The van der Waals surface area contributed by atoms with E-state index in [-0.39, 0.29) is 22.6 Å². The predicted octanol–water partition coefficient (Wildman–Crippen LogP) is 3.72. The van der Waals surface area contributed by atoms with Gasteiger partial charge in [-0.2, -0.15) is 0 Å². The summed E-state index contributed by atoms with van der Waals surface area (Å²) in [6.45, 7) is 1.94. The molecule has 0 bridgehead atoms. The van der Waals surface area contributed by atoms with Crippen LogP contribution >= 0.6 is 46.0 Å². The zero-order valence-corrected chi connectivity index (χ0v) is 14.4. The Morgan fingerprint density at radius 2 is 2.30 bits per heavy atom. The van der Waals surface area contributed by atoms with Crippen molar-refractivity contribution in [3.05, 3.63) is 26.5 Å². The average Bonchev–Trinajstić information content (AvgIpc) is 2.67. The highest BCUT2D eigenvalue weighted by Gasteiger charge is 2.33. The lowest BCUT2D eigenvalue weighted by Crippen LogP contribution is -2.26. The molecule has 1 unspecified atom stereocenters. The lowest BCUT2D eigenvalue weighted by atomic mass is 10.1. The summed E-state index contributed by atoms with van der Waals surface area (Å²) in [6.07, 6.45) is 0.346. The molecule has 3 nitrogen and oxygen atoms in total. The van der Waals surface area contributed by atoms with E-state index in [0.29, 0.717) is 27.3 Å². The maximum absolute atomic E-state index is 14.0. The van der Waals surface area contributed by atoms with Crippen LogP contribution in [0.3, 0.4) is 0 Å². The lowest BCUT2D eigenvalue weighted by molar-refractivity contribution is -0.117. The van der Waals surface area contributed by atoms with E-state index in [1.807, 2.05) is 22.6 Å². The van der Waals surface area contributed by atoms with Gasteiger partial charge in [-0.25, -0.2) is 4.39 Å². The molecule has 1 fully saturated rings. The van der Waals surface area contributed by atoms with Crippen molar-refractivity contribution in [1.29, 1.82) is 0 Å². The molecule has 108 valence electrons. The second-order valence-electron chi connectivity index (χ2n) is 4.60. The quantitative estimate of drug-likeness (QED) is 0.690. The van der Waals surface area contributed by atoms with E-state index >= 15 is 0 Å². The molecular weight excluding hydrogens is 416 g/mol. The van der Waals surface area contributed by atoms with Gasteiger partial charge in [0.25, 0.3) is 0 Å². The summed E-state index contributed by atoms with van der Waals surface area (Å²) >= 11 is 8.97. The highest BCUT2D eigenvalue weighted by molar-refractivity contribution is 14.1. The Hall–Kier alpha value is -0.340. The van der Waals surface area contributed by atoms with Crippen LogP contribution in [0.5, 0.6) is 0 Å². The first-order chi connectivity index (χ1) is 9.38. The molecule has 1 heterocycles. The van der Waals surface area contributed by atoms with Gasteiger partial charge in [0.1, 0.15) is 5.82 Å². The number of amides is 1. The van der Waals surface area contributed by atoms with Gasteiger partial charge in [0, 0.05) is 34.2 Å².